The monoisotopic (exact) mass is 505 g/mol. The van der Waals surface area contributed by atoms with Crippen molar-refractivity contribution in [2.75, 3.05) is 10.7 Å². The number of nitrogens with zero attached hydrogens (tertiary/aromatic N) is 5. The predicted octanol–water partition coefficient (Wildman–Crippen LogP) is 4.63. The van der Waals surface area contributed by atoms with Gasteiger partial charge in [0.05, 0.1) is 17.5 Å². The average Bonchev–Trinajstić information content (AvgIpc) is 3.48. The van der Waals surface area contributed by atoms with Crippen molar-refractivity contribution < 1.29 is 9.59 Å². The number of amides is 3. The number of benzene rings is 2. The van der Waals surface area contributed by atoms with Gasteiger partial charge in [0.2, 0.25) is 5.91 Å². The number of hydrogen-bond donors (Lipinski definition) is 2. The van der Waals surface area contributed by atoms with Gasteiger partial charge in [-0.05, 0) is 36.5 Å². The molecule has 2 aromatic carbocycles. The number of hydrogen-bond acceptors (Lipinski definition) is 6. The molecule has 0 saturated carbocycles. The number of carbonyl (C=O) groups is 2. The van der Waals surface area contributed by atoms with Crippen molar-refractivity contribution in [3.8, 4) is 11.4 Å². The molecule has 0 aliphatic carbocycles. The maximum Gasteiger partial charge on any atom is 0.357 e. The van der Waals surface area contributed by atoms with Crippen LogP contribution in [-0.2, 0) is 18.3 Å². The molecule has 4 rings (SSSR count). The molecule has 3 amide bonds. The summed E-state index contributed by atoms with van der Waals surface area (Å²) in [5.74, 6) is 0.854. The van der Waals surface area contributed by atoms with Crippen LogP contribution in [0, 0.1) is 0 Å². The van der Waals surface area contributed by atoms with Crippen molar-refractivity contribution in [2.24, 2.45) is 12.0 Å². The number of rotatable bonds is 9. The largest absolute Gasteiger partial charge is 0.357 e. The minimum atomic E-state index is -0.545. The number of unbranched alkanes of at least 4 members (excludes halogenated alkanes) is 1. The van der Waals surface area contributed by atoms with Gasteiger partial charge in [-0.15, -0.1) is 0 Å². The van der Waals surface area contributed by atoms with Crippen LogP contribution >= 0.6 is 11.8 Å². The Morgan fingerprint density at radius 3 is 2.64 bits per heavy atom. The van der Waals surface area contributed by atoms with E-state index in [0.717, 1.165) is 48.1 Å². The van der Waals surface area contributed by atoms with Crippen LogP contribution in [0.1, 0.15) is 50.3 Å². The highest BCUT2D eigenvalue weighted by atomic mass is 32.2. The molecule has 2 heterocycles. The van der Waals surface area contributed by atoms with Crippen LogP contribution in [0.15, 0.2) is 59.9 Å². The molecule has 1 atom stereocenters. The first-order chi connectivity index (χ1) is 17.5. The molecule has 9 nitrogen and oxygen atoms in total. The maximum absolute atomic E-state index is 12.7. The number of carbonyl (C=O) groups excluding carboxylic acids is 2. The van der Waals surface area contributed by atoms with Gasteiger partial charge < -0.3 is 0 Å². The molecule has 0 spiro atoms. The number of hydrazine groups is 1. The first-order valence-corrected chi connectivity index (χ1v) is 13.1. The highest BCUT2D eigenvalue weighted by Gasteiger charge is 2.31. The van der Waals surface area contributed by atoms with Gasteiger partial charge in [0.15, 0.2) is 11.0 Å². The molecule has 1 unspecified atom stereocenters. The van der Waals surface area contributed by atoms with Crippen LogP contribution in [0.25, 0.3) is 11.4 Å². The summed E-state index contributed by atoms with van der Waals surface area (Å²) in [5.41, 5.74) is 9.58. The third-order valence-corrected chi connectivity index (χ3v) is 6.85. The fraction of sp³-hybridized carbons (Fsp3) is 0.346. The molecule has 10 heteroatoms. The van der Waals surface area contributed by atoms with E-state index in [1.54, 1.807) is 15.9 Å². The summed E-state index contributed by atoms with van der Waals surface area (Å²) < 4.78 is 1.66. The molecule has 1 fully saturated rings. The van der Waals surface area contributed by atoms with Gasteiger partial charge in [-0.3, -0.25) is 19.8 Å². The third kappa shape index (κ3) is 6.00. The average molecular weight is 506 g/mol. The lowest BCUT2D eigenvalue weighted by atomic mass is 10.0. The molecular weight excluding hydrogens is 474 g/mol. The van der Waals surface area contributed by atoms with Gasteiger partial charge in [0, 0.05) is 12.6 Å². The lowest BCUT2D eigenvalue weighted by molar-refractivity contribution is -0.115. The number of nitrogens with one attached hydrogen (secondary N) is 2. The Bertz CT molecular complexity index is 1240. The van der Waals surface area contributed by atoms with E-state index in [2.05, 4.69) is 32.9 Å². The number of aliphatic imine (C=N–C) groups is 1. The molecule has 1 aliphatic heterocycles. The van der Waals surface area contributed by atoms with Crippen molar-refractivity contribution >= 4 is 34.6 Å². The lowest BCUT2D eigenvalue weighted by Gasteiger charge is -2.20. The number of thioether (sulfide) groups is 1. The number of para-hydroxylation sites is 1. The summed E-state index contributed by atoms with van der Waals surface area (Å²) in [6, 6.07) is 15.1. The summed E-state index contributed by atoms with van der Waals surface area (Å²) in [5, 5.41) is 4.72. The Kier molecular flexibility index (Phi) is 8.50. The molecule has 1 saturated heterocycles. The fourth-order valence-electron chi connectivity index (χ4n) is 4.01. The van der Waals surface area contributed by atoms with Gasteiger partial charge in [-0.2, -0.15) is 10.1 Å². The molecule has 3 aromatic rings. The third-order valence-electron chi connectivity index (χ3n) is 5.93. The van der Waals surface area contributed by atoms with Gasteiger partial charge >= 0.3 is 6.03 Å². The lowest BCUT2D eigenvalue weighted by Crippen LogP contribution is -2.39. The number of amidine groups is 1. The predicted molar refractivity (Wildman–Crippen MR) is 144 cm³/mol. The molecule has 1 aliphatic rings. The summed E-state index contributed by atoms with van der Waals surface area (Å²) >= 11 is 1.28. The summed E-state index contributed by atoms with van der Waals surface area (Å²) in [4.78, 5) is 35.4. The maximum atomic E-state index is 12.7. The highest BCUT2D eigenvalue weighted by Crippen LogP contribution is 2.30. The van der Waals surface area contributed by atoms with E-state index in [4.69, 9.17) is 0 Å². The molecule has 0 radical (unpaired) electrons. The first kappa shape index (κ1) is 25.6. The number of urea groups is 1. The van der Waals surface area contributed by atoms with Gasteiger partial charge in [-0.25, -0.2) is 15.2 Å². The minimum absolute atomic E-state index is 0.0719. The van der Waals surface area contributed by atoms with Crippen LogP contribution in [0.2, 0.25) is 0 Å². The smallest absolute Gasteiger partial charge is 0.273 e. The van der Waals surface area contributed by atoms with Crippen LogP contribution in [0.3, 0.4) is 0 Å². The van der Waals surface area contributed by atoms with Crippen molar-refractivity contribution in [3.05, 3.63) is 66.0 Å². The van der Waals surface area contributed by atoms with Gasteiger partial charge in [0.1, 0.15) is 6.33 Å². The Labute approximate surface area is 215 Å². The van der Waals surface area contributed by atoms with E-state index in [1.165, 1.54) is 11.8 Å². The van der Waals surface area contributed by atoms with Crippen molar-refractivity contribution in [1.82, 2.24) is 25.6 Å². The zero-order valence-electron chi connectivity index (χ0n) is 20.8. The minimum Gasteiger partial charge on any atom is -0.273 e. The second kappa shape index (κ2) is 12.0. The molecule has 188 valence electrons. The zero-order valence-corrected chi connectivity index (χ0v) is 21.6. The second-order valence-electron chi connectivity index (χ2n) is 8.54. The van der Waals surface area contributed by atoms with Crippen molar-refractivity contribution in [2.45, 2.75) is 45.6 Å². The second-order valence-corrected chi connectivity index (χ2v) is 9.49. The van der Waals surface area contributed by atoms with E-state index in [9.17, 15) is 9.59 Å². The van der Waals surface area contributed by atoms with E-state index in [1.807, 2.05) is 62.5 Å². The molecule has 2 N–H and O–H groups in total. The van der Waals surface area contributed by atoms with E-state index >= 15 is 0 Å². The fourth-order valence-corrected chi connectivity index (χ4v) is 4.87. The molecule has 36 heavy (non-hydrogen) atoms. The molecule has 0 bridgehead atoms. The van der Waals surface area contributed by atoms with Crippen LogP contribution < -0.4 is 15.8 Å². The Hall–Kier alpha value is -3.50. The van der Waals surface area contributed by atoms with E-state index in [-0.39, 0.29) is 17.7 Å². The Morgan fingerprint density at radius 2 is 1.94 bits per heavy atom. The van der Waals surface area contributed by atoms with Crippen LogP contribution in [-0.4, -0.2) is 37.6 Å². The Morgan fingerprint density at radius 1 is 1.17 bits per heavy atom. The van der Waals surface area contributed by atoms with Crippen molar-refractivity contribution in [1.29, 1.82) is 0 Å². The number of aryl methyl sites for hydroxylation is 2. The van der Waals surface area contributed by atoms with Gasteiger partial charge in [0.25, 0.3) is 0 Å². The SMILES string of the molecule is CCCCc1ccccc1N1C(=O)CSC1=NC(=O)NNC(CC)c1ccc(-c2ncn(C)n2)cc1. The van der Waals surface area contributed by atoms with Crippen LogP contribution in [0.4, 0.5) is 10.5 Å². The zero-order chi connectivity index (χ0) is 25.5. The standard InChI is InChI=1S/C26H31N7O2S/c1-4-6-9-19-10-7-8-11-22(19)33-23(34)16-36-26(33)28-25(35)30-29-21(5-2)18-12-14-20(15-13-18)24-27-17-32(3)31-24/h7-8,10-15,17,21,29H,4-6,9,16H2,1-3H3,(H,30,35). The summed E-state index contributed by atoms with van der Waals surface area (Å²) in [6.45, 7) is 4.17. The number of anilines is 1. The normalized spacial score (nSPS) is 15.5. The Balaban J connectivity index is 1.43. The summed E-state index contributed by atoms with van der Waals surface area (Å²) in [6.07, 6.45) is 5.38. The highest BCUT2D eigenvalue weighted by molar-refractivity contribution is 8.15. The van der Waals surface area contributed by atoms with Crippen molar-refractivity contribution in [3.63, 3.8) is 0 Å². The van der Waals surface area contributed by atoms with Crippen LogP contribution in [0.5, 0.6) is 0 Å². The first-order valence-electron chi connectivity index (χ1n) is 12.1. The topological polar surface area (TPSA) is 105 Å². The summed E-state index contributed by atoms with van der Waals surface area (Å²) in [7, 11) is 1.83. The molecule has 1 aromatic heterocycles. The quantitative estimate of drug-likeness (QED) is 0.411. The van der Waals surface area contributed by atoms with E-state index in [0.29, 0.717) is 11.0 Å². The van der Waals surface area contributed by atoms with E-state index < -0.39 is 6.03 Å². The number of aromatic nitrogens is 3. The van der Waals surface area contributed by atoms with Gasteiger partial charge in [-0.1, -0.05) is 74.5 Å². The molecular formula is C26H31N7O2S.